The second kappa shape index (κ2) is 8.19. The number of anilines is 1. The molecule has 1 amide bonds. The lowest BCUT2D eigenvalue weighted by Gasteiger charge is -2.12. The van der Waals surface area contributed by atoms with Crippen molar-refractivity contribution in [2.45, 2.75) is 25.8 Å². The van der Waals surface area contributed by atoms with Crippen molar-refractivity contribution in [3.63, 3.8) is 0 Å². The number of hydrogen-bond acceptors (Lipinski definition) is 5. The van der Waals surface area contributed by atoms with Crippen molar-refractivity contribution in [1.29, 1.82) is 0 Å². The van der Waals surface area contributed by atoms with E-state index in [9.17, 15) is 9.90 Å². The fourth-order valence-corrected chi connectivity index (χ4v) is 3.58. The quantitative estimate of drug-likeness (QED) is 0.672. The summed E-state index contributed by atoms with van der Waals surface area (Å²) in [6.07, 6.45) is 2.79. The zero-order chi connectivity index (χ0) is 18.5. The van der Waals surface area contributed by atoms with Crippen LogP contribution in [0.3, 0.4) is 0 Å². The molecule has 26 heavy (non-hydrogen) atoms. The van der Waals surface area contributed by atoms with Gasteiger partial charge in [0.2, 0.25) is 0 Å². The highest BCUT2D eigenvalue weighted by Gasteiger charge is 2.27. The molecule has 1 unspecified atom stereocenters. The van der Waals surface area contributed by atoms with E-state index in [0.29, 0.717) is 17.3 Å². The Morgan fingerprint density at radius 1 is 1.23 bits per heavy atom. The summed E-state index contributed by atoms with van der Waals surface area (Å²) < 4.78 is 5.39. The molecule has 3 rings (SSSR count). The van der Waals surface area contributed by atoms with Gasteiger partial charge >= 0.3 is 0 Å². The number of rotatable bonds is 6. The average Bonchev–Trinajstić information content (AvgIpc) is 2.98. The number of phenols is 1. The Bertz CT molecular complexity index is 818. The predicted molar refractivity (Wildman–Crippen MR) is 106 cm³/mol. The van der Waals surface area contributed by atoms with Crippen molar-refractivity contribution in [1.82, 2.24) is 5.32 Å². The molecule has 0 radical (unpaired) electrons. The van der Waals surface area contributed by atoms with Gasteiger partial charge in [0, 0.05) is 5.69 Å². The van der Waals surface area contributed by atoms with Gasteiger partial charge in [-0.3, -0.25) is 4.79 Å². The number of phenolic OH excluding ortho intramolecular Hbond substituents is 1. The molecule has 2 aromatic rings. The lowest BCUT2D eigenvalue weighted by molar-refractivity contribution is -0.116. The number of amides is 1. The Kier molecular flexibility index (Phi) is 5.73. The summed E-state index contributed by atoms with van der Waals surface area (Å²) in [6, 6.07) is 13.2. The third-order valence-electron chi connectivity index (χ3n) is 3.97. The summed E-state index contributed by atoms with van der Waals surface area (Å²) in [7, 11) is 0. The van der Waals surface area contributed by atoms with E-state index < -0.39 is 0 Å². The number of aromatic hydroxyl groups is 1. The Morgan fingerprint density at radius 2 is 2.00 bits per heavy atom. The minimum atomic E-state index is -0.218. The van der Waals surface area contributed by atoms with E-state index in [4.69, 9.17) is 4.74 Å². The molecule has 0 saturated carbocycles. The molecule has 0 aromatic heterocycles. The van der Waals surface area contributed by atoms with Crippen molar-refractivity contribution in [3.8, 4) is 11.5 Å². The van der Waals surface area contributed by atoms with Crippen LogP contribution in [0.1, 0.15) is 25.0 Å². The van der Waals surface area contributed by atoms with Gasteiger partial charge in [0.1, 0.15) is 0 Å². The van der Waals surface area contributed by atoms with Gasteiger partial charge in [-0.25, -0.2) is 0 Å². The first-order valence-corrected chi connectivity index (χ1v) is 9.47. The van der Waals surface area contributed by atoms with Crippen molar-refractivity contribution in [2.75, 3.05) is 11.9 Å². The number of hydrogen-bond donors (Lipinski definition) is 3. The molecule has 3 N–H and O–H groups in total. The van der Waals surface area contributed by atoms with Gasteiger partial charge in [0.15, 0.2) is 17.0 Å². The topological polar surface area (TPSA) is 70.6 Å². The fourth-order valence-electron chi connectivity index (χ4n) is 2.60. The predicted octanol–water partition coefficient (Wildman–Crippen LogP) is 3.95. The number of thioether (sulfide) groups is 1. The molecule has 1 saturated heterocycles. The van der Waals surface area contributed by atoms with Gasteiger partial charge in [0.25, 0.3) is 5.91 Å². The third kappa shape index (κ3) is 4.32. The molecule has 1 atom stereocenters. The summed E-state index contributed by atoms with van der Waals surface area (Å²) in [6.45, 7) is 4.44. The van der Waals surface area contributed by atoms with Crippen LogP contribution in [0.15, 0.2) is 47.4 Å². The number of carbonyl (C=O) groups is 1. The van der Waals surface area contributed by atoms with E-state index in [1.165, 1.54) is 17.3 Å². The molecule has 0 spiro atoms. The minimum absolute atomic E-state index is 0.0904. The molecule has 2 aromatic carbocycles. The van der Waals surface area contributed by atoms with Crippen LogP contribution in [-0.4, -0.2) is 23.1 Å². The highest BCUT2D eigenvalue weighted by molar-refractivity contribution is 8.05. The van der Waals surface area contributed by atoms with E-state index >= 15 is 0 Å². The van der Waals surface area contributed by atoms with E-state index in [1.807, 2.05) is 19.1 Å². The first kappa shape index (κ1) is 18.2. The average molecular weight is 370 g/mol. The second-order valence-electron chi connectivity index (χ2n) is 5.83. The van der Waals surface area contributed by atoms with Gasteiger partial charge < -0.3 is 20.5 Å². The SMILES string of the molecule is CCOc1cc(C=C2SC(Nc3ccc(CC)cc3)NC2=O)ccc1O. The van der Waals surface area contributed by atoms with Gasteiger partial charge in [-0.05, 0) is 54.8 Å². The lowest BCUT2D eigenvalue weighted by Crippen LogP contribution is -2.30. The molecule has 0 bridgehead atoms. The van der Waals surface area contributed by atoms with Gasteiger partial charge in [-0.2, -0.15) is 0 Å². The van der Waals surface area contributed by atoms with Crippen molar-refractivity contribution >= 4 is 29.4 Å². The maximum absolute atomic E-state index is 12.2. The van der Waals surface area contributed by atoms with E-state index in [2.05, 4.69) is 29.7 Å². The Balaban J connectivity index is 1.70. The normalized spacial score (nSPS) is 18.0. The Hall–Kier alpha value is -2.60. The van der Waals surface area contributed by atoms with E-state index in [1.54, 1.807) is 24.3 Å². The van der Waals surface area contributed by atoms with Crippen LogP contribution in [0.4, 0.5) is 5.69 Å². The maximum atomic E-state index is 12.2. The largest absolute Gasteiger partial charge is 0.504 e. The number of benzene rings is 2. The standard InChI is InChI=1S/C20H22N2O3S/c1-3-13-5-8-15(9-6-13)21-20-22-19(24)18(26-20)12-14-7-10-16(23)17(11-14)25-4-2/h5-12,20-21,23H,3-4H2,1-2H3,(H,22,24). The van der Waals surface area contributed by atoms with Crippen LogP contribution in [-0.2, 0) is 11.2 Å². The van der Waals surface area contributed by atoms with Crippen molar-refractivity contribution in [2.24, 2.45) is 0 Å². The summed E-state index contributed by atoms with van der Waals surface area (Å²) in [4.78, 5) is 12.8. The molecule has 1 aliphatic heterocycles. The highest BCUT2D eigenvalue weighted by atomic mass is 32.2. The van der Waals surface area contributed by atoms with Gasteiger partial charge in [0.05, 0.1) is 11.5 Å². The Labute approximate surface area is 157 Å². The van der Waals surface area contributed by atoms with Crippen LogP contribution in [0.2, 0.25) is 0 Å². The van der Waals surface area contributed by atoms with Crippen LogP contribution in [0.5, 0.6) is 11.5 Å². The minimum Gasteiger partial charge on any atom is -0.504 e. The summed E-state index contributed by atoms with van der Waals surface area (Å²) in [5, 5.41) is 16.0. The van der Waals surface area contributed by atoms with Crippen LogP contribution in [0, 0.1) is 0 Å². The highest BCUT2D eigenvalue weighted by Crippen LogP contribution is 2.32. The molecule has 6 heteroatoms. The van der Waals surface area contributed by atoms with Crippen molar-refractivity contribution < 1.29 is 14.6 Å². The maximum Gasteiger partial charge on any atom is 0.260 e. The number of carbonyl (C=O) groups excluding carboxylic acids is 1. The second-order valence-corrected chi connectivity index (χ2v) is 6.98. The molecule has 0 aliphatic carbocycles. The number of ether oxygens (including phenoxy) is 1. The fraction of sp³-hybridized carbons (Fsp3) is 0.250. The van der Waals surface area contributed by atoms with E-state index in [0.717, 1.165) is 17.7 Å². The molecule has 1 aliphatic rings. The summed E-state index contributed by atoms with van der Waals surface area (Å²) in [5.74, 6) is 0.382. The Morgan fingerprint density at radius 3 is 2.69 bits per heavy atom. The molecule has 5 nitrogen and oxygen atoms in total. The monoisotopic (exact) mass is 370 g/mol. The summed E-state index contributed by atoms with van der Waals surface area (Å²) in [5.41, 5.74) is 2.82. The first-order chi connectivity index (χ1) is 12.6. The van der Waals surface area contributed by atoms with Crippen LogP contribution < -0.4 is 15.4 Å². The third-order valence-corrected chi connectivity index (χ3v) is 5.00. The molecule has 1 heterocycles. The molecular formula is C20H22N2O3S. The van der Waals surface area contributed by atoms with E-state index in [-0.39, 0.29) is 17.2 Å². The van der Waals surface area contributed by atoms with Crippen LogP contribution >= 0.6 is 11.8 Å². The molecule has 136 valence electrons. The van der Waals surface area contributed by atoms with Crippen molar-refractivity contribution in [3.05, 3.63) is 58.5 Å². The lowest BCUT2D eigenvalue weighted by atomic mass is 10.1. The van der Waals surface area contributed by atoms with Gasteiger partial charge in [-0.1, -0.05) is 36.9 Å². The zero-order valence-electron chi connectivity index (χ0n) is 14.8. The molecule has 1 fully saturated rings. The molecular weight excluding hydrogens is 348 g/mol. The van der Waals surface area contributed by atoms with Crippen LogP contribution in [0.25, 0.3) is 6.08 Å². The first-order valence-electron chi connectivity index (χ1n) is 8.59. The smallest absolute Gasteiger partial charge is 0.260 e. The number of aryl methyl sites for hydroxylation is 1. The van der Waals surface area contributed by atoms with Gasteiger partial charge in [-0.15, -0.1) is 0 Å². The summed E-state index contributed by atoms with van der Waals surface area (Å²) >= 11 is 1.43. The number of nitrogens with one attached hydrogen (secondary N) is 2. The zero-order valence-corrected chi connectivity index (χ0v) is 15.6.